The van der Waals surface area contributed by atoms with Gasteiger partial charge in [-0.3, -0.25) is 0 Å². The molecule has 0 fully saturated rings. The molecule has 0 aliphatic rings. The molecule has 0 aromatic rings. The Hall–Kier alpha value is -0.760. The molecule has 0 N–H and O–H groups in total. The third-order valence-electron chi connectivity index (χ3n) is 1.21. The molecule has 0 aliphatic heterocycles. The van der Waals surface area contributed by atoms with E-state index >= 15 is 0 Å². The average molecular weight is 209 g/mol. The normalized spacial score (nSPS) is 14.4. The predicted octanol–water partition coefficient (Wildman–Crippen LogP) is 2.53. The zero-order valence-electron chi connectivity index (χ0n) is 6.11. The summed E-state index contributed by atoms with van der Waals surface area (Å²) in [6, 6.07) is 0. The van der Waals surface area contributed by atoms with Crippen LogP contribution in [-0.2, 0) is 0 Å². The minimum absolute atomic E-state index is 0.272. The highest BCUT2D eigenvalue weighted by molar-refractivity contribution is 4.68. The lowest BCUT2D eigenvalue weighted by atomic mass is 10.5. The van der Waals surface area contributed by atoms with Crippen LogP contribution in [0.3, 0.4) is 0 Å². The Morgan fingerprint density at radius 2 is 1.38 bits per heavy atom. The first kappa shape index (κ1) is 12.2. The first-order valence-electron chi connectivity index (χ1n) is 2.90. The fourth-order valence-corrected chi connectivity index (χ4v) is 0.533. The minimum Gasteiger partial charge on any atom is -0.619 e. The highest BCUT2D eigenvalue weighted by Crippen LogP contribution is 2.41. The van der Waals surface area contributed by atoms with E-state index in [0.717, 1.165) is 0 Å². The lowest BCUT2D eigenvalue weighted by Gasteiger charge is -2.41. The summed E-state index contributed by atoms with van der Waals surface area (Å²) in [6.07, 6.45) is -11.6. The molecule has 0 amide bonds. The quantitative estimate of drug-likeness (QED) is 0.225. The summed E-state index contributed by atoms with van der Waals surface area (Å²) in [5.74, 6) is 0. The molecular formula is C5H5F6NO. The first-order valence-corrected chi connectivity index (χ1v) is 2.90. The molecule has 0 heterocycles. The molecule has 0 aliphatic carbocycles. The van der Waals surface area contributed by atoms with Crippen molar-refractivity contribution in [1.82, 2.24) is 0 Å². The van der Waals surface area contributed by atoms with E-state index in [9.17, 15) is 31.5 Å². The van der Waals surface area contributed by atoms with Crippen molar-refractivity contribution in [3.05, 3.63) is 17.9 Å². The van der Waals surface area contributed by atoms with E-state index in [4.69, 9.17) is 0 Å². The van der Waals surface area contributed by atoms with Crippen molar-refractivity contribution in [2.24, 2.45) is 0 Å². The van der Waals surface area contributed by atoms with Crippen LogP contribution < -0.4 is 0 Å². The van der Waals surface area contributed by atoms with Gasteiger partial charge in [0.2, 0.25) is 0 Å². The molecule has 0 atom stereocenters. The fraction of sp³-hybridized carbons (Fsp3) is 0.600. The van der Waals surface area contributed by atoms with Crippen molar-refractivity contribution >= 4 is 0 Å². The van der Waals surface area contributed by atoms with Crippen molar-refractivity contribution in [1.29, 1.82) is 0 Å². The second-order valence-corrected chi connectivity index (χ2v) is 2.15. The van der Waals surface area contributed by atoms with E-state index in [1.54, 1.807) is 0 Å². The Bertz CT molecular complexity index is 180. The molecule has 0 unspecified atom stereocenters. The number of hydroxylamine groups is 3. The molecule has 0 spiro atoms. The third-order valence-corrected chi connectivity index (χ3v) is 1.21. The molecule has 0 aromatic heterocycles. The molecule has 2 nitrogen and oxygen atoms in total. The number of quaternary nitrogens is 1. The molecule has 78 valence electrons. The molecule has 0 bridgehead atoms. The zero-order valence-corrected chi connectivity index (χ0v) is 6.11. The van der Waals surface area contributed by atoms with E-state index in [1.165, 1.54) is 0 Å². The van der Waals surface area contributed by atoms with Crippen LogP contribution in [0.5, 0.6) is 0 Å². The predicted molar refractivity (Wildman–Crippen MR) is 30.8 cm³/mol. The van der Waals surface area contributed by atoms with Gasteiger partial charge in [-0.15, -0.1) is 26.3 Å². The van der Waals surface area contributed by atoms with Gasteiger partial charge in [0.25, 0.3) is 0 Å². The molecular weight excluding hydrogens is 204 g/mol. The fourth-order valence-electron chi connectivity index (χ4n) is 0.533. The highest BCUT2D eigenvalue weighted by atomic mass is 19.4. The molecule has 8 heteroatoms. The molecule has 0 radical (unpaired) electrons. The van der Waals surface area contributed by atoms with Gasteiger partial charge in [0.05, 0.1) is 0 Å². The van der Waals surface area contributed by atoms with Gasteiger partial charge in [-0.25, -0.2) is 0 Å². The topological polar surface area (TPSA) is 23.1 Å². The van der Waals surface area contributed by atoms with Crippen molar-refractivity contribution in [2.45, 2.75) is 12.6 Å². The summed E-state index contributed by atoms with van der Waals surface area (Å²) >= 11 is 0. The Balaban J connectivity index is 5.07. The number of hydrogen-bond acceptors (Lipinski definition) is 1. The van der Waals surface area contributed by atoms with Crippen molar-refractivity contribution in [2.75, 3.05) is 6.54 Å². The van der Waals surface area contributed by atoms with Crippen LogP contribution in [0.4, 0.5) is 26.3 Å². The number of alkyl halides is 6. The zero-order chi connectivity index (χ0) is 10.9. The van der Waals surface area contributed by atoms with Gasteiger partial charge in [-0.05, 0) is 6.08 Å². The minimum atomic E-state index is -5.92. The van der Waals surface area contributed by atoms with Gasteiger partial charge in [-0.1, -0.05) is 6.58 Å². The number of nitrogens with zero attached hydrogens (tertiary/aromatic N) is 1. The maximum Gasteiger partial charge on any atom is 0.568 e. The number of rotatable bonds is 2. The molecule has 0 saturated heterocycles. The highest BCUT2D eigenvalue weighted by Gasteiger charge is 2.65. The van der Waals surface area contributed by atoms with E-state index in [-0.39, 0.29) is 6.08 Å². The second kappa shape index (κ2) is 3.18. The maximum atomic E-state index is 11.7. The lowest BCUT2D eigenvalue weighted by molar-refractivity contribution is -1.07. The average Bonchev–Trinajstić information content (AvgIpc) is 1.82. The van der Waals surface area contributed by atoms with E-state index < -0.39 is 23.8 Å². The second-order valence-electron chi connectivity index (χ2n) is 2.15. The largest absolute Gasteiger partial charge is 0.619 e. The standard InChI is InChI=1S/C5H5F6NO/c1-2-3-12(13,4(6,7)8)5(9,10)11/h2H,1,3H2. The van der Waals surface area contributed by atoms with E-state index in [1.807, 2.05) is 0 Å². The summed E-state index contributed by atoms with van der Waals surface area (Å²) < 4.78 is 65.8. The maximum absolute atomic E-state index is 11.7. The summed E-state index contributed by atoms with van der Waals surface area (Å²) in [6.45, 7) is 0.872. The van der Waals surface area contributed by atoms with Crippen LogP contribution in [0.15, 0.2) is 12.7 Å². The van der Waals surface area contributed by atoms with Crippen LogP contribution in [0.1, 0.15) is 0 Å². The van der Waals surface area contributed by atoms with Crippen molar-refractivity contribution in [3.8, 4) is 0 Å². The monoisotopic (exact) mass is 209 g/mol. The number of hydrogen-bond donors (Lipinski definition) is 0. The smallest absolute Gasteiger partial charge is 0.568 e. The van der Waals surface area contributed by atoms with Crippen molar-refractivity contribution < 1.29 is 31.0 Å². The SMILES string of the molecule is C=CC[N+]([O-])(C(F)(F)F)C(F)(F)F. The van der Waals surface area contributed by atoms with Gasteiger partial charge in [0.15, 0.2) is 0 Å². The van der Waals surface area contributed by atoms with Gasteiger partial charge in [0.1, 0.15) is 6.54 Å². The van der Waals surface area contributed by atoms with Crippen LogP contribution in [0.2, 0.25) is 0 Å². The Kier molecular flexibility index (Phi) is 3.00. The van der Waals surface area contributed by atoms with Gasteiger partial charge in [0, 0.05) is 0 Å². The van der Waals surface area contributed by atoms with Crippen LogP contribution >= 0.6 is 0 Å². The van der Waals surface area contributed by atoms with Crippen LogP contribution in [0, 0.1) is 5.21 Å². The van der Waals surface area contributed by atoms with Gasteiger partial charge < -0.3 is 5.21 Å². The van der Waals surface area contributed by atoms with Crippen molar-refractivity contribution in [3.63, 3.8) is 0 Å². The van der Waals surface area contributed by atoms with Gasteiger partial charge >= 0.3 is 12.6 Å². The number of halogens is 6. The Morgan fingerprint density at radius 1 is 1.08 bits per heavy atom. The van der Waals surface area contributed by atoms with E-state index in [2.05, 4.69) is 6.58 Å². The molecule has 0 aromatic carbocycles. The summed E-state index contributed by atoms with van der Waals surface area (Å²) in [5.41, 5.74) is 0. The first-order chi connectivity index (χ1) is 5.56. The van der Waals surface area contributed by atoms with E-state index in [0.29, 0.717) is 0 Å². The summed E-state index contributed by atoms with van der Waals surface area (Å²) in [7, 11) is 0. The van der Waals surface area contributed by atoms with Crippen LogP contribution in [0.25, 0.3) is 0 Å². The van der Waals surface area contributed by atoms with Gasteiger partial charge in [-0.2, -0.15) is 4.65 Å². The molecule has 0 rings (SSSR count). The summed E-state index contributed by atoms with van der Waals surface area (Å²) in [5, 5.41) is 10.4. The Morgan fingerprint density at radius 3 is 1.46 bits per heavy atom. The molecule has 13 heavy (non-hydrogen) atoms. The van der Waals surface area contributed by atoms with Crippen LogP contribution in [-0.4, -0.2) is 23.8 Å². The summed E-state index contributed by atoms with van der Waals surface area (Å²) in [4.78, 5) is 0. The lowest BCUT2D eigenvalue weighted by Crippen LogP contribution is -2.61. The Labute approximate surface area is 69.2 Å². The third kappa shape index (κ3) is 2.13. The molecule has 0 saturated carbocycles.